The highest BCUT2D eigenvalue weighted by atomic mass is 127. The summed E-state index contributed by atoms with van der Waals surface area (Å²) in [4.78, 5) is 5.92. The summed E-state index contributed by atoms with van der Waals surface area (Å²) in [7, 11) is 0. The molecule has 0 nitrogen and oxygen atoms in total. The smallest absolute Gasteiger partial charge is 0.0666 e. The van der Waals surface area contributed by atoms with E-state index < -0.39 is 0 Å². The Morgan fingerprint density at radius 2 is 0.864 bits per heavy atom. The zero-order chi connectivity index (χ0) is 30.5. The van der Waals surface area contributed by atoms with E-state index >= 15 is 0 Å². The second-order valence-electron chi connectivity index (χ2n) is 12.1. The Morgan fingerprint density at radius 3 is 1.30 bits per heavy atom. The molecule has 0 aliphatic rings. The summed E-state index contributed by atoms with van der Waals surface area (Å²) in [5, 5.41) is 5.69. The van der Waals surface area contributed by atoms with Gasteiger partial charge >= 0.3 is 0 Å². The Kier molecular flexibility index (Phi) is 12.2. The molecule has 6 aromatic rings. The molecular weight excluding hydrogens is 838 g/mol. The highest BCUT2D eigenvalue weighted by Gasteiger charge is 2.19. The normalized spacial score (nSPS) is 12.0. The summed E-state index contributed by atoms with van der Waals surface area (Å²) in [6, 6.07) is 19.5. The Balaban J connectivity index is 1.32. The molecular formula is C38H42I2S4. The van der Waals surface area contributed by atoms with Crippen LogP contribution < -0.4 is 0 Å². The van der Waals surface area contributed by atoms with E-state index in [9.17, 15) is 0 Å². The molecule has 232 valence electrons. The van der Waals surface area contributed by atoms with Crippen molar-refractivity contribution in [2.45, 2.75) is 104 Å². The average Bonchev–Trinajstić information content (AvgIpc) is 3.82. The monoisotopic (exact) mass is 880 g/mol. The van der Waals surface area contributed by atoms with Gasteiger partial charge in [0.25, 0.3) is 0 Å². The molecule has 2 aromatic carbocycles. The van der Waals surface area contributed by atoms with Crippen molar-refractivity contribution in [3.63, 3.8) is 0 Å². The van der Waals surface area contributed by atoms with Crippen molar-refractivity contribution in [2.75, 3.05) is 0 Å². The zero-order valence-corrected chi connectivity index (χ0v) is 33.5. The van der Waals surface area contributed by atoms with E-state index in [2.05, 4.69) is 108 Å². The summed E-state index contributed by atoms with van der Waals surface area (Å²) in [5.41, 5.74) is 2.83. The fraction of sp³-hybridized carbons (Fsp3) is 0.421. The van der Waals surface area contributed by atoms with E-state index in [1.807, 2.05) is 45.3 Å². The van der Waals surface area contributed by atoms with Crippen LogP contribution in [0.15, 0.2) is 48.5 Å². The van der Waals surface area contributed by atoms with Gasteiger partial charge in [-0.25, -0.2) is 0 Å². The molecule has 6 heteroatoms. The minimum absolute atomic E-state index is 1.22. The molecule has 0 amide bonds. The van der Waals surface area contributed by atoms with E-state index in [1.54, 1.807) is 0 Å². The lowest BCUT2D eigenvalue weighted by atomic mass is 9.97. The number of halogens is 2. The lowest BCUT2D eigenvalue weighted by Gasteiger charge is -2.10. The zero-order valence-electron chi connectivity index (χ0n) is 25.9. The van der Waals surface area contributed by atoms with Crippen molar-refractivity contribution in [1.29, 1.82) is 0 Å². The summed E-state index contributed by atoms with van der Waals surface area (Å²) in [6.07, 6.45) is 18.7. The van der Waals surface area contributed by atoms with E-state index in [4.69, 9.17) is 0 Å². The van der Waals surface area contributed by atoms with Crippen molar-refractivity contribution in [1.82, 2.24) is 0 Å². The molecule has 0 saturated carbocycles. The van der Waals surface area contributed by atoms with Crippen molar-refractivity contribution in [3.05, 3.63) is 64.1 Å². The van der Waals surface area contributed by atoms with E-state index in [-0.39, 0.29) is 0 Å². The summed E-state index contributed by atoms with van der Waals surface area (Å²) >= 11 is 13.0. The molecule has 0 saturated heterocycles. The van der Waals surface area contributed by atoms with Crippen molar-refractivity contribution < 1.29 is 0 Å². The third-order valence-corrected chi connectivity index (χ3v) is 15.0. The van der Waals surface area contributed by atoms with Crippen molar-refractivity contribution in [3.8, 4) is 20.9 Å². The van der Waals surface area contributed by atoms with Crippen LogP contribution in [0.2, 0.25) is 0 Å². The van der Waals surface area contributed by atoms with Crippen LogP contribution in [0.1, 0.15) is 101 Å². The number of fused-ring (bicyclic) bond motifs is 5. The van der Waals surface area contributed by atoms with Crippen LogP contribution in [0.3, 0.4) is 0 Å². The highest BCUT2D eigenvalue weighted by molar-refractivity contribution is 14.1. The minimum Gasteiger partial charge on any atom is -0.140 e. The van der Waals surface area contributed by atoms with Gasteiger partial charge in [-0.2, -0.15) is 0 Å². The van der Waals surface area contributed by atoms with Crippen LogP contribution in [0.25, 0.3) is 51.8 Å². The maximum atomic E-state index is 2.53. The molecule has 44 heavy (non-hydrogen) atoms. The highest BCUT2D eigenvalue weighted by Crippen LogP contribution is 2.48. The standard InChI is InChI=1S/C38H42I2S4/c1-3-5-7-9-11-13-15-25-17-19-33(41-25)27-21-29-30(37-31(27)23-35(39)43-37)22-28(32-24-36(40)44-38(29)32)34-20-18-26(42-34)16-14-12-10-8-6-4-2/h17-24H,3-16H2,1-2H3. The fourth-order valence-corrected chi connectivity index (χ4v) is 12.3. The molecule has 0 aliphatic carbocycles. The lowest BCUT2D eigenvalue weighted by molar-refractivity contribution is 0.609. The third kappa shape index (κ3) is 7.78. The topological polar surface area (TPSA) is 0 Å². The number of aryl methyl sites for hydroxylation is 2. The number of thiophene rings is 4. The van der Waals surface area contributed by atoms with Crippen LogP contribution in [0.4, 0.5) is 0 Å². The van der Waals surface area contributed by atoms with Gasteiger partial charge in [-0.15, -0.1) is 45.3 Å². The van der Waals surface area contributed by atoms with Gasteiger partial charge in [0.1, 0.15) is 0 Å². The van der Waals surface area contributed by atoms with Crippen LogP contribution in [-0.4, -0.2) is 0 Å². The van der Waals surface area contributed by atoms with Gasteiger partial charge in [0.15, 0.2) is 0 Å². The molecule has 0 radical (unpaired) electrons. The van der Waals surface area contributed by atoms with Gasteiger partial charge in [0, 0.05) is 61.6 Å². The molecule has 4 heterocycles. The summed E-state index contributed by atoms with van der Waals surface area (Å²) in [5.74, 6) is 0. The molecule has 0 aliphatic heterocycles. The Bertz CT molecular complexity index is 1700. The molecule has 0 atom stereocenters. The summed E-state index contributed by atoms with van der Waals surface area (Å²) in [6.45, 7) is 4.59. The van der Waals surface area contributed by atoms with Gasteiger partial charge in [-0.05, 0) is 119 Å². The number of hydrogen-bond acceptors (Lipinski definition) is 4. The maximum Gasteiger partial charge on any atom is 0.0666 e. The first-order valence-electron chi connectivity index (χ1n) is 16.5. The number of benzene rings is 2. The fourth-order valence-electron chi connectivity index (χ4n) is 6.38. The van der Waals surface area contributed by atoms with Crippen LogP contribution >= 0.6 is 90.5 Å². The number of unbranched alkanes of at least 4 members (excludes halogenated alkanes) is 10. The predicted molar refractivity (Wildman–Crippen MR) is 221 cm³/mol. The Morgan fingerprint density at radius 1 is 0.455 bits per heavy atom. The van der Waals surface area contributed by atoms with E-state index in [0.29, 0.717) is 0 Å². The molecule has 0 spiro atoms. The quantitative estimate of drug-likeness (QED) is 0.0671. The Labute approximate surface area is 307 Å². The van der Waals surface area contributed by atoms with Gasteiger partial charge in [0.05, 0.1) is 5.77 Å². The van der Waals surface area contributed by atoms with Crippen LogP contribution in [0.5, 0.6) is 0 Å². The summed E-state index contributed by atoms with van der Waals surface area (Å²) < 4.78 is 5.64. The molecule has 0 N–H and O–H groups in total. The first kappa shape index (κ1) is 33.4. The van der Waals surface area contributed by atoms with Gasteiger partial charge in [-0.3, -0.25) is 0 Å². The van der Waals surface area contributed by atoms with E-state index in [1.165, 1.54) is 157 Å². The molecule has 0 fully saturated rings. The van der Waals surface area contributed by atoms with Gasteiger partial charge in [0.2, 0.25) is 0 Å². The Hall–Kier alpha value is -0.520. The largest absolute Gasteiger partial charge is 0.140 e. The van der Waals surface area contributed by atoms with Crippen LogP contribution in [-0.2, 0) is 12.8 Å². The predicted octanol–water partition coefficient (Wildman–Crippen LogP) is 15.7. The first-order chi connectivity index (χ1) is 21.6. The number of hydrogen-bond donors (Lipinski definition) is 0. The lowest BCUT2D eigenvalue weighted by Crippen LogP contribution is -1.83. The van der Waals surface area contributed by atoms with Gasteiger partial charge in [-0.1, -0.05) is 78.1 Å². The molecule has 0 bridgehead atoms. The minimum atomic E-state index is 1.22. The van der Waals surface area contributed by atoms with Gasteiger partial charge < -0.3 is 0 Å². The van der Waals surface area contributed by atoms with Crippen molar-refractivity contribution >= 4 is 121 Å². The SMILES string of the molecule is CCCCCCCCc1ccc(-c2cc3c(cc(-c4ccc(CCCCCCCC)s4)c4cc(I)sc43)c3sc(I)cc23)s1. The van der Waals surface area contributed by atoms with E-state index in [0.717, 1.165) is 0 Å². The second-order valence-corrected chi connectivity index (χ2v) is 20.3. The molecule has 4 aromatic heterocycles. The number of rotatable bonds is 16. The first-order valence-corrected chi connectivity index (χ1v) is 21.9. The molecule has 0 unspecified atom stereocenters. The van der Waals surface area contributed by atoms with Crippen molar-refractivity contribution in [2.24, 2.45) is 0 Å². The van der Waals surface area contributed by atoms with Crippen LogP contribution in [0, 0.1) is 5.77 Å². The third-order valence-electron chi connectivity index (χ3n) is 8.75. The average molecular weight is 881 g/mol. The maximum absolute atomic E-state index is 2.53. The molecule has 6 rings (SSSR count). The second kappa shape index (κ2) is 16.1.